The van der Waals surface area contributed by atoms with Crippen molar-refractivity contribution in [3.63, 3.8) is 0 Å². The maximum atomic E-state index is 12.8. The van der Waals surface area contributed by atoms with Gasteiger partial charge in [-0.2, -0.15) is 0 Å². The van der Waals surface area contributed by atoms with E-state index in [1.165, 1.54) is 0 Å². The largest absolute Gasteiger partial charge is 0.375 e. The summed E-state index contributed by atoms with van der Waals surface area (Å²) in [4.78, 5) is 21.2. The molecule has 1 N–H and O–H groups in total. The Balaban J connectivity index is 1.60. The smallest absolute Gasteiger partial charge is 0.230 e. The summed E-state index contributed by atoms with van der Waals surface area (Å²) in [5.74, 6) is 1.10. The van der Waals surface area contributed by atoms with Gasteiger partial charge in [0, 0.05) is 47.4 Å². The number of hydrogen-bond donors (Lipinski definition) is 1. The summed E-state index contributed by atoms with van der Waals surface area (Å²) in [6.45, 7) is 3.79. The van der Waals surface area contributed by atoms with Crippen LogP contribution in [0.15, 0.2) is 4.99 Å². The third-order valence-electron chi connectivity index (χ3n) is 5.99. The minimum Gasteiger partial charge on any atom is -0.375 e. The van der Waals surface area contributed by atoms with Crippen LogP contribution in [0, 0.1) is 5.41 Å². The average molecular weight is 367 g/mol. The van der Waals surface area contributed by atoms with Crippen LogP contribution in [0.2, 0.25) is 0 Å². The Morgan fingerprint density at radius 2 is 1.92 bits per heavy atom. The number of nitrogens with zero attached hydrogens (tertiary/aromatic N) is 3. The summed E-state index contributed by atoms with van der Waals surface area (Å²) < 4.78 is 11.8. The van der Waals surface area contributed by atoms with E-state index >= 15 is 0 Å². The highest BCUT2D eigenvalue weighted by atomic mass is 16.5. The van der Waals surface area contributed by atoms with Crippen LogP contribution in [0.4, 0.5) is 0 Å². The molecule has 0 aromatic rings. The summed E-state index contributed by atoms with van der Waals surface area (Å²) in [5, 5.41) is 3.50. The molecule has 3 rings (SSSR count). The molecule has 2 aliphatic heterocycles. The second-order valence-corrected chi connectivity index (χ2v) is 7.99. The summed E-state index contributed by atoms with van der Waals surface area (Å²) in [6.07, 6.45) is 6.65. The first-order valence-electron chi connectivity index (χ1n) is 9.96. The lowest BCUT2D eigenvalue weighted by molar-refractivity contribution is -0.138. The number of nitrogens with one attached hydrogen (secondary N) is 1. The van der Waals surface area contributed by atoms with Crippen molar-refractivity contribution < 1.29 is 14.3 Å². The highest BCUT2D eigenvalue weighted by molar-refractivity contribution is 5.85. The van der Waals surface area contributed by atoms with E-state index in [2.05, 4.69) is 15.2 Å². The molecule has 3 fully saturated rings. The molecule has 1 aliphatic carbocycles. The molecule has 2 atom stereocenters. The molecule has 1 saturated carbocycles. The first kappa shape index (κ1) is 19.4. The maximum Gasteiger partial charge on any atom is 0.230 e. The Kier molecular flexibility index (Phi) is 6.40. The molecule has 1 amide bonds. The van der Waals surface area contributed by atoms with E-state index < -0.39 is 0 Å². The summed E-state index contributed by atoms with van der Waals surface area (Å²) in [6, 6.07) is 0. The van der Waals surface area contributed by atoms with Gasteiger partial charge in [0.2, 0.25) is 5.91 Å². The molecule has 0 aromatic heterocycles. The van der Waals surface area contributed by atoms with Crippen LogP contribution in [-0.2, 0) is 14.3 Å². The van der Waals surface area contributed by atoms with Gasteiger partial charge in [-0.3, -0.25) is 9.79 Å². The number of aliphatic imine (C=N–C) groups is 1. The number of guanidine groups is 1. The first-order chi connectivity index (χ1) is 12.6. The van der Waals surface area contributed by atoms with Gasteiger partial charge in [0.1, 0.15) is 6.10 Å². The Morgan fingerprint density at radius 3 is 2.54 bits per heavy atom. The standard InChI is InChI=1S/C19H34N4O3/c1-20-18(21-14-19(8-4-5-9-19)17(24)22(2)3)23-10-12-26-16(13-23)15-7-6-11-25-15/h15-16H,4-14H2,1-3H3,(H,20,21). The molecule has 0 bridgehead atoms. The zero-order valence-corrected chi connectivity index (χ0v) is 16.5. The van der Waals surface area contributed by atoms with Crippen molar-refractivity contribution in [2.45, 2.75) is 50.7 Å². The molecular formula is C19H34N4O3. The molecule has 7 nitrogen and oxygen atoms in total. The second-order valence-electron chi connectivity index (χ2n) is 7.99. The van der Waals surface area contributed by atoms with Gasteiger partial charge in [0.05, 0.1) is 18.1 Å². The van der Waals surface area contributed by atoms with E-state index in [0.717, 1.165) is 64.2 Å². The number of hydrogen-bond acceptors (Lipinski definition) is 4. The lowest BCUT2D eigenvalue weighted by atomic mass is 9.84. The Labute approximate surface area is 157 Å². The molecule has 2 saturated heterocycles. The van der Waals surface area contributed by atoms with Crippen LogP contribution in [0.1, 0.15) is 38.5 Å². The third-order valence-corrected chi connectivity index (χ3v) is 5.99. The summed E-state index contributed by atoms with van der Waals surface area (Å²) in [5.41, 5.74) is -0.292. The van der Waals surface area contributed by atoms with Crippen LogP contribution < -0.4 is 5.32 Å². The monoisotopic (exact) mass is 366 g/mol. The van der Waals surface area contributed by atoms with Gasteiger partial charge >= 0.3 is 0 Å². The number of carbonyl (C=O) groups excluding carboxylic acids is 1. The predicted molar refractivity (Wildman–Crippen MR) is 101 cm³/mol. The molecule has 0 spiro atoms. The lowest BCUT2D eigenvalue weighted by Gasteiger charge is -2.38. The van der Waals surface area contributed by atoms with Crippen LogP contribution in [0.5, 0.6) is 0 Å². The Hall–Kier alpha value is -1.34. The van der Waals surface area contributed by atoms with E-state index in [-0.39, 0.29) is 23.5 Å². The molecular weight excluding hydrogens is 332 g/mol. The maximum absolute atomic E-state index is 12.8. The zero-order valence-electron chi connectivity index (χ0n) is 16.5. The minimum absolute atomic E-state index is 0.105. The fourth-order valence-corrected chi connectivity index (χ4v) is 4.56. The van der Waals surface area contributed by atoms with Crippen molar-refractivity contribution in [3.05, 3.63) is 0 Å². The van der Waals surface area contributed by atoms with Crippen LogP contribution in [0.3, 0.4) is 0 Å². The van der Waals surface area contributed by atoms with E-state index in [4.69, 9.17) is 9.47 Å². The van der Waals surface area contributed by atoms with Gasteiger partial charge in [0.25, 0.3) is 0 Å². The molecule has 0 radical (unpaired) electrons. The molecule has 2 heterocycles. The van der Waals surface area contributed by atoms with Crippen LogP contribution in [0.25, 0.3) is 0 Å². The molecule has 0 aromatic carbocycles. The SMILES string of the molecule is CN=C(NCC1(C(=O)N(C)C)CCCC1)N1CCOC(C2CCCO2)C1. The highest BCUT2D eigenvalue weighted by Crippen LogP contribution is 2.39. The lowest BCUT2D eigenvalue weighted by Crippen LogP contribution is -2.55. The summed E-state index contributed by atoms with van der Waals surface area (Å²) in [7, 11) is 5.52. The molecule has 26 heavy (non-hydrogen) atoms. The normalized spacial score (nSPS) is 29.0. The fraction of sp³-hybridized carbons (Fsp3) is 0.895. The van der Waals surface area contributed by atoms with Crippen molar-refractivity contribution in [2.24, 2.45) is 10.4 Å². The van der Waals surface area contributed by atoms with Crippen LogP contribution >= 0.6 is 0 Å². The number of ether oxygens (including phenoxy) is 2. The highest BCUT2D eigenvalue weighted by Gasteiger charge is 2.42. The van der Waals surface area contributed by atoms with E-state index in [1.807, 2.05) is 21.1 Å². The molecule has 3 aliphatic rings. The Morgan fingerprint density at radius 1 is 1.19 bits per heavy atom. The van der Waals surface area contributed by atoms with Crippen molar-refractivity contribution in [2.75, 3.05) is 54.0 Å². The van der Waals surface area contributed by atoms with Crippen molar-refractivity contribution >= 4 is 11.9 Å². The van der Waals surface area contributed by atoms with Crippen LogP contribution in [-0.4, -0.2) is 87.9 Å². The van der Waals surface area contributed by atoms with Crippen molar-refractivity contribution in [1.29, 1.82) is 0 Å². The first-order valence-corrected chi connectivity index (χ1v) is 9.96. The zero-order chi connectivity index (χ0) is 18.6. The number of amides is 1. The number of carbonyl (C=O) groups is 1. The molecule has 7 heteroatoms. The van der Waals surface area contributed by atoms with Crippen molar-refractivity contribution in [3.8, 4) is 0 Å². The van der Waals surface area contributed by atoms with Gasteiger partial charge in [-0.05, 0) is 25.7 Å². The second kappa shape index (κ2) is 8.57. The van der Waals surface area contributed by atoms with Gasteiger partial charge < -0.3 is 24.6 Å². The minimum atomic E-state index is -0.292. The molecule has 2 unspecified atom stereocenters. The quantitative estimate of drug-likeness (QED) is 0.596. The average Bonchev–Trinajstić information content (AvgIpc) is 3.34. The van der Waals surface area contributed by atoms with E-state index in [1.54, 1.807) is 4.90 Å². The van der Waals surface area contributed by atoms with Gasteiger partial charge in [0.15, 0.2) is 5.96 Å². The Bertz CT molecular complexity index is 511. The van der Waals surface area contributed by atoms with Gasteiger partial charge in [-0.25, -0.2) is 0 Å². The summed E-state index contributed by atoms with van der Waals surface area (Å²) >= 11 is 0. The van der Waals surface area contributed by atoms with E-state index in [0.29, 0.717) is 13.2 Å². The third kappa shape index (κ3) is 4.14. The van der Waals surface area contributed by atoms with Gasteiger partial charge in [-0.15, -0.1) is 0 Å². The van der Waals surface area contributed by atoms with Crippen molar-refractivity contribution in [1.82, 2.24) is 15.1 Å². The number of morpholine rings is 1. The molecule has 148 valence electrons. The van der Waals surface area contributed by atoms with E-state index in [9.17, 15) is 4.79 Å². The number of rotatable bonds is 4. The fourth-order valence-electron chi connectivity index (χ4n) is 4.56. The predicted octanol–water partition coefficient (Wildman–Crippen LogP) is 1.09. The van der Waals surface area contributed by atoms with Gasteiger partial charge in [-0.1, -0.05) is 12.8 Å². The topological polar surface area (TPSA) is 66.4 Å².